The van der Waals surface area contributed by atoms with Gasteiger partial charge in [-0.15, -0.1) is 0 Å². The molecule has 1 aliphatic heterocycles. The molecule has 1 saturated heterocycles. The summed E-state index contributed by atoms with van der Waals surface area (Å²) in [7, 11) is 1.53. The summed E-state index contributed by atoms with van der Waals surface area (Å²) in [5.74, 6) is -2.03. The largest absolute Gasteiger partial charge is 0.479 e. The molecule has 2 unspecified atom stereocenters. The van der Waals surface area contributed by atoms with E-state index in [2.05, 4.69) is 29.6 Å². The number of hydrogen-bond acceptors (Lipinski definition) is 5. The summed E-state index contributed by atoms with van der Waals surface area (Å²) in [6.07, 6.45) is 1.02. The molecule has 8 nitrogen and oxygen atoms in total. The van der Waals surface area contributed by atoms with Crippen LogP contribution in [0.5, 0.6) is 0 Å². The first-order valence-corrected chi connectivity index (χ1v) is 11.6. The summed E-state index contributed by atoms with van der Waals surface area (Å²) < 4.78 is 11.1. The van der Waals surface area contributed by atoms with Crippen molar-refractivity contribution < 1.29 is 29.0 Å². The van der Waals surface area contributed by atoms with E-state index in [1.807, 2.05) is 24.3 Å². The number of fused-ring (bicyclic) bond motifs is 3. The van der Waals surface area contributed by atoms with E-state index in [4.69, 9.17) is 9.47 Å². The molecular weight excluding hydrogens is 436 g/mol. The number of aliphatic carboxylic acids is 1. The number of ether oxygens (including phenoxy) is 2. The van der Waals surface area contributed by atoms with Crippen LogP contribution < -0.4 is 5.32 Å². The second-order valence-corrected chi connectivity index (χ2v) is 9.31. The monoisotopic (exact) mass is 464 g/mol. The van der Waals surface area contributed by atoms with Gasteiger partial charge in [0.1, 0.15) is 12.1 Å². The predicted octanol–water partition coefficient (Wildman–Crippen LogP) is 3.01. The van der Waals surface area contributed by atoms with Gasteiger partial charge in [0.05, 0.1) is 25.2 Å². The average molecular weight is 465 g/mol. The van der Waals surface area contributed by atoms with Gasteiger partial charge in [-0.25, -0.2) is 9.59 Å². The van der Waals surface area contributed by atoms with E-state index in [9.17, 15) is 19.5 Å². The number of carbonyl (C=O) groups is 3. The maximum absolute atomic E-state index is 13.1. The Balaban J connectivity index is 1.23. The molecule has 34 heavy (non-hydrogen) atoms. The number of likely N-dealkylation sites (N-methyl/N-ethyl adjacent to an activating group) is 1. The number of nitrogens with one attached hydrogen (secondary N) is 1. The highest BCUT2D eigenvalue weighted by atomic mass is 16.5. The number of hydrogen-bond donors (Lipinski definition) is 2. The summed E-state index contributed by atoms with van der Waals surface area (Å²) in [6, 6.07) is 15.6. The zero-order valence-electron chi connectivity index (χ0n) is 19.0. The molecule has 2 aromatic rings. The number of nitrogens with zero attached hydrogens (tertiary/aromatic N) is 1. The Bertz CT molecular complexity index is 1080. The van der Waals surface area contributed by atoms with Gasteiger partial charge in [0.15, 0.2) is 0 Å². The minimum Gasteiger partial charge on any atom is -0.479 e. The minimum atomic E-state index is -1.16. The highest BCUT2D eigenvalue weighted by Crippen LogP contribution is 2.44. The molecule has 2 atom stereocenters. The van der Waals surface area contributed by atoms with Crippen molar-refractivity contribution in [1.82, 2.24) is 10.2 Å². The molecule has 0 radical (unpaired) electrons. The molecule has 3 aliphatic rings. The fourth-order valence-electron chi connectivity index (χ4n) is 5.40. The molecular formula is C26H28N2O6. The number of benzene rings is 2. The molecule has 0 spiro atoms. The smallest absolute Gasteiger partial charge is 0.407 e. The summed E-state index contributed by atoms with van der Waals surface area (Å²) in [6.45, 7) is 0.482. The number of carboxylic acids is 1. The van der Waals surface area contributed by atoms with Crippen LogP contribution in [0.3, 0.4) is 0 Å². The van der Waals surface area contributed by atoms with Crippen molar-refractivity contribution in [3.8, 4) is 11.1 Å². The van der Waals surface area contributed by atoms with Crippen molar-refractivity contribution in [3.05, 3.63) is 59.7 Å². The maximum Gasteiger partial charge on any atom is 0.407 e. The van der Waals surface area contributed by atoms with Gasteiger partial charge in [-0.05, 0) is 41.5 Å². The van der Waals surface area contributed by atoms with Crippen LogP contribution in [0.15, 0.2) is 48.5 Å². The van der Waals surface area contributed by atoms with Gasteiger partial charge in [0.25, 0.3) is 0 Å². The lowest BCUT2D eigenvalue weighted by Gasteiger charge is -2.45. The van der Waals surface area contributed by atoms with E-state index in [1.54, 1.807) is 0 Å². The van der Waals surface area contributed by atoms with Gasteiger partial charge in [-0.2, -0.15) is 0 Å². The van der Waals surface area contributed by atoms with Gasteiger partial charge in [0.2, 0.25) is 5.91 Å². The number of carbonyl (C=O) groups excluding carboxylic acids is 2. The van der Waals surface area contributed by atoms with Crippen molar-refractivity contribution in [3.63, 3.8) is 0 Å². The molecule has 0 bridgehead atoms. The summed E-state index contributed by atoms with van der Waals surface area (Å²) in [5, 5.41) is 12.4. The molecule has 2 aromatic carbocycles. The third kappa shape index (κ3) is 3.62. The van der Waals surface area contributed by atoms with Crippen LogP contribution >= 0.6 is 0 Å². The van der Waals surface area contributed by atoms with Gasteiger partial charge < -0.3 is 24.8 Å². The van der Waals surface area contributed by atoms with E-state index in [-0.39, 0.29) is 31.6 Å². The van der Waals surface area contributed by atoms with Crippen LogP contribution in [0.4, 0.5) is 4.79 Å². The lowest BCUT2D eigenvalue weighted by molar-refractivity contribution is -0.166. The quantitative estimate of drug-likeness (QED) is 0.681. The molecule has 2 aliphatic carbocycles. The summed E-state index contributed by atoms with van der Waals surface area (Å²) >= 11 is 0. The van der Waals surface area contributed by atoms with Gasteiger partial charge >= 0.3 is 12.1 Å². The van der Waals surface area contributed by atoms with E-state index in [1.165, 1.54) is 11.9 Å². The van der Waals surface area contributed by atoms with E-state index in [0.717, 1.165) is 28.7 Å². The van der Waals surface area contributed by atoms with Crippen molar-refractivity contribution in [2.24, 2.45) is 5.92 Å². The van der Waals surface area contributed by atoms with Crippen LogP contribution in [0.25, 0.3) is 11.1 Å². The molecule has 2 fully saturated rings. The average Bonchev–Trinajstić information content (AvgIpc) is 3.38. The van der Waals surface area contributed by atoms with Gasteiger partial charge in [-0.1, -0.05) is 48.5 Å². The molecule has 2 amide bonds. The second-order valence-electron chi connectivity index (χ2n) is 9.31. The fourth-order valence-corrected chi connectivity index (χ4v) is 5.40. The molecule has 0 aromatic heterocycles. The van der Waals surface area contributed by atoms with E-state index >= 15 is 0 Å². The Labute approximate surface area is 197 Å². The van der Waals surface area contributed by atoms with Crippen LogP contribution in [0, 0.1) is 5.92 Å². The number of rotatable bonds is 6. The third-order valence-corrected chi connectivity index (χ3v) is 7.60. The number of carboxylic acid groups (broad SMARTS) is 1. The molecule has 8 heteroatoms. The first-order valence-electron chi connectivity index (χ1n) is 11.6. The van der Waals surface area contributed by atoms with Gasteiger partial charge in [-0.3, -0.25) is 4.79 Å². The normalized spacial score (nSPS) is 22.3. The van der Waals surface area contributed by atoms with E-state index < -0.39 is 29.6 Å². The Morgan fingerprint density at radius 3 is 2.24 bits per heavy atom. The second kappa shape index (κ2) is 8.76. The third-order valence-electron chi connectivity index (χ3n) is 7.60. The predicted molar refractivity (Wildman–Crippen MR) is 123 cm³/mol. The number of amides is 2. The first-order chi connectivity index (χ1) is 16.4. The summed E-state index contributed by atoms with van der Waals surface area (Å²) in [5.41, 5.74) is 3.37. The van der Waals surface area contributed by atoms with Crippen molar-refractivity contribution in [2.45, 2.75) is 36.8 Å². The van der Waals surface area contributed by atoms with Gasteiger partial charge in [0, 0.05) is 13.0 Å². The highest BCUT2D eigenvalue weighted by molar-refractivity contribution is 5.89. The minimum absolute atomic E-state index is 0.0596. The van der Waals surface area contributed by atoms with Crippen LogP contribution in [-0.4, -0.2) is 66.4 Å². The SMILES string of the molecule is CN(C(=O)C1COCC1NC(=O)OCC1c2ccccc2-c2ccccc21)C1(C(=O)O)CCC1. The molecule has 5 rings (SSSR count). The molecule has 178 valence electrons. The molecule has 1 heterocycles. The molecule has 2 N–H and O–H groups in total. The van der Waals surface area contributed by atoms with Crippen LogP contribution in [-0.2, 0) is 19.1 Å². The summed E-state index contributed by atoms with van der Waals surface area (Å²) in [4.78, 5) is 38.9. The standard InChI is InChI=1S/C26H28N2O6/c1-28(26(24(30)31)11-6-12-26)23(29)21-13-33-15-22(21)27-25(32)34-14-20-18-9-4-2-7-16(18)17-8-3-5-10-19(17)20/h2-5,7-10,20-22H,6,11-15H2,1H3,(H,27,32)(H,30,31). The lowest BCUT2D eigenvalue weighted by atomic mass is 9.75. The highest BCUT2D eigenvalue weighted by Gasteiger charge is 2.52. The fraction of sp³-hybridized carbons (Fsp3) is 0.423. The Morgan fingerprint density at radius 2 is 1.68 bits per heavy atom. The van der Waals surface area contributed by atoms with Crippen molar-refractivity contribution >= 4 is 18.0 Å². The van der Waals surface area contributed by atoms with Crippen molar-refractivity contribution in [2.75, 3.05) is 26.9 Å². The Kier molecular flexibility index (Phi) is 5.77. The zero-order valence-corrected chi connectivity index (χ0v) is 19.0. The lowest BCUT2D eigenvalue weighted by Crippen LogP contribution is -2.62. The number of alkyl carbamates (subject to hydrolysis) is 1. The Hall–Kier alpha value is -3.39. The molecule has 1 saturated carbocycles. The Morgan fingerprint density at radius 1 is 1.06 bits per heavy atom. The van der Waals surface area contributed by atoms with E-state index in [0.29, 0.717) is 12.8 Å². The van der Waals surface area contributed by atoms with Crippen molar-refractivity contribution in [1.29, 1.82) is 0 Å². The first kappa shape index (κ1) is 22.4. The topological polar surface area (TPSA) is 105 Å². The van der Waals surface area contributed by atoms with Crippen LogP contribution in [0.2, 0.25) is 0 Å². The zero-order chi connectivity index (χ0) is 23.9. The van der Waals surface area contributed by atoms with Crippen LogP contribution in [0.1, 0.15) is 36.3 Å². The maximum atomic E-state index is 13.1.